The minimum atomic E-state index is -0.294. The van der Waals surface area contributed by atoms with Gasteiger partial charge in [-0.25, -0.2) is 4.39 Å². The summed E-state index contributed by atoms with van der Waals surface area (Å²) in [6.45, 7) is 10.2. The van der Waals surface area contributed by atoms with Gasteiger partial charge in [0, 0.05) is 22.9 Å². The molecule has 0 amide bonds. The van der Waals surface area contributed by atoms with Crippen molar-refractivity contribution in [3.05, 3.63) is 52.6 Å². The molecule has 142 valence electrons. The highest BCUT2D eigenvalue weighted by atomic mass is 19.1. The molecule has 2 aromatic rings. The first-order valence-electron chi connectivity index (χ1n) is 9.39. The SMILES string of the molecule is CCC(CO)c1c(C(C)C)nc(C(C)C)c(CO)c1-c1ccc(F)cc1. The van der Waals surface area contributed by atoms with Crippen molar-refractivity contribution in [2.45, 2.75) is 65.4 Å². The van der Waals surface area contributed by atoms with E-state index in [2.05, 4.69) is 27.7 Å². The lowest BCUT2D eigenvalue weighted by molar-refractivity contribution is 0.260. The number of halogens is 1. The maximum atomic E-state index is 13.5. The Morgan fingerprint density at radius 3 is 1.96 bits per heavy atom. The van der Waals surface area contributed by atoms with Crippen LogP contribution in [0.3, 0.4) is 0 Å². The van der Waals surface area contributed by atoms with Gasteiger partial charge in [-0.3, -0.25) is 4.98 Å². The highest BCUT2D eigenvalue weighted by molar-refractivity contribution is 5.74. The molecule has 0 saturated carbocycles. The predicted molar refractivity (Wildman–Crippen MR) is 104 cm³/mol. The molecule has 1 heterocycles. The fourth-order valence-electron chi connectivity index (χ4n) is 3.54. The van der Waals surface area contributed by atoms with Crippen LogP contribution in [0.15, 0.2) is 24.3 Å². The number of aliphatic hydroxyl groups excluding tert-OH is 2. The number of rotatable bonds is 7. The highest BCUT2D eigenvalue weighted by Gasteiger charge is 2.27. The average Bonchev–Trinajstić information content (AvgIpc) is 2.62. The number of hydrogen-bond donors (Lipinski definition) is 2. The van der Waals surface area contributed by atoms with Gasteiger partial charge in [0.25, 0.3) is 0 Å². The summed E-state index contributed by atoms with van der Waals surface area (Å²) in [5.41, 5.74) is 5.32. The van der Waals surface area contributed by atoms with E-state index < -0.39 is 0 Å². The van der Waals surface area contributed by atoms with Crippen LogP contribution in [0.4, 0.5) is 4.39 Å². The van der Waals surface area contributed by atoms with E-state index in [-0.39, 0.29) is 36.8 Å². The van der Waals surface area contributed by atoms with Gasteiger partial charge in [0.05, 0.1) is 13.2 Å². The zero-order valence-corrected chi connectivity index (χ0v) is 16.4. The molecule has 1 aromatic carbocycles. The molecular formula is C22H30FNO2. The van der Waals surface area contributed by atoms with Gasteiger partial charge in [-0.15, -0.1) is 0 Å². The maximum absolute atomic E-state index is 13.5. The Hall–Kier alpha value is -1.78. The van der Waals surface area contributed by atoms with Gasteiger partial charge in [0.15, 0.2) is 0 Å². The van der Waals surface area contributed by atoms with Crippen molar-refractivity contribution in [3.8, 4) is 11.1 Å². The highest BCUT2D eigenvalue weighted by Crippen LogP contribution is 2.41. The molecule has 3 nitrogen and oxygen atoms in total. The Kier molecular flexibility index (Phi) is 6.90. The summed E-state index contributed by atoms with van der Waals surface area (Å²) in [5.74, 6) is -0.0455. The van der Waals surface area contributed by atoms with Gasteiger partial charge < -0.3 is 10.2 Å². The van der Waals surface area contributed by atoms with Gasteiger partial charge in [-0.1, -0.05) is 46.8 Å². The largest absolute Gasteiger partial charge is 0.396 e. The van der Waals surface area contributed by atoms with E-state index >= 15 is 0 Å². The van der Waals surface area contributed by atoms with Crippen LogP contribution in [0.5, 0.6) is 0 Å². The zero-order chi connectivity index (χ0) is 19.4. The fraction of sp³-hybridized carbons (Fsp3) is 0.500. The summed E-state index contributed by atoms with van der Waals surface area (Å²) in [4.78, 5) is 4.92. The van der Waals surface area contributed by atoms with Crippen molar-refractivity contribution in [2.24, 2.45) is 0 Å². The molecule has 0 saturated heterocycles. The van der Waals surface area contributed by atoms with E-state index in [4.69, 9.17) is 4.98 Å². The number of aromatic nitrogens is 1. The lowest BCUT2D eigenvalue weighted by Crippen LogP contribution is -2.16. The normalized spacial score (nSPS) is 12.8. The van der Waals surface area contributed by atoms with Crippen LogP contribution in [0.2, 0.25) is 0 Å². The van der Waals surface area contributed by atoms with Crippen LogP contribution in [0.1, 0.15) is 81.3 Å². The Morgan fingerprint density at radius 1 is 0.962 bits per heavy atom. The number of aliphatic hydroxyl groups is 2. The summed E-state index contributed by atoms with van der Waals surface area (Å²) in [5, 5.41) is 20.2. The second kappa shape index (κ2) is 8.74. The topological polar surface area (TPSA) is 53.4 Å². The zero-order valence-electron chi connectivity index (χ0n) is 16.4. The number of pyridine rings is 1. The monoisotopic (exact) mass is 359 g/mol. The van der Waals surface area contributed by atoms with Crippen LogP contribution < -0.4 is 0 Å². The van der Waals surface area contributed by atoms with Crippen molar-refractivity contribution >= 4 is 0 Å². The van der Waals surface area contributed by atoms with Crippen molar-refractivity contribution in [3.63, 3.8) is 0 Å². The molecule has 0 spiro atoms. The molecular weight excluding hydrogens is 329 g/mol. The maximum Gasteiger partial charge on any atom is 0.123 e. The van der Waals surface area contributed by atoms with Crippen molar-refractivity contribution in [1.29, 1.82) is 0 Å². The smallest absolute Gasteiger partial charge is 0.123 e. The summed E-state index contributed by atoms with van der Waals surface area (Å²) < 4.78 is 13.5. The first-order chi connectivity index (χ1) is 12.3. The first-order valence-corrected chi connectivity index (χ1v) is 9.39. The number of benzene rings is 1. The minimum absolute atomic E-state index is 0.0119. The van der Waals surface area contributed by atoms with E-state index in [0.29, 0.717) is 0 Å². The predicted octanol–water partition coefficient (Wildman–Crippen LogP) is 5.11. The molecule has 0 aliphatic carbocycles. The summed E-state index contributed by atoms with van der Waals surface area (Å²) in [6.07, 6.45) is 0.762. The first kappa shape index (κ1) is 20.5. The van der Waals surface area contributed by atoms with E-state index in [0.717, 1.165) is 40.1 Å². The van der Waals surface area contributed by atoms with Crippen LogP contribution in [0, 0.1) is 5.82 Å². The molecule has 1 unspecified atom stereocenters. The number of nitrogens with zero attached hydrogens (tertiary/aromatic N) is 1. The lowest BCUT2D eigenvalue weighted by atomic mass is 9.81. The summed E-state index contributed by atoms with van der Waals surface area (Å²) in [7, 11) is 0. The second-order valence-corrected chi connectivity index (χ2v) is 7.41. The lowest BCUT2D eigenvalue weighted by Gasteiger charge is -2.27. The van der Waals surface area contributed by atoms with Gasteiger partial charge in [0.1, 0.15) is 5.82 Å². The summed E-state index contributed by atoms with van der Waals surface area (Å²) in [6, 6.07) is 6.35. The molecule has 2 N–H and O–H groups in total. The average molecular weight is 359 g/mol. The third kappa shape index (κ3) is 3.97. The Labute approximate surface area is 155 Å². The Bertz CT molecular complexity index is 735. The molecule has 26 heavy (non-hydrogen) atoms. The minimum Gasteiger partial charge on any atom is -0.396 e. The van der Waals surface area contributed by atoms with E-state index in [1.165, 1.54) is 12.1 Å². The van der Waals surface area contributed by atoms with Crippen molar-refractivity contribution < 1.29 is 14.6 Å². The van der Waals surface area contributed by atoms with Crippen LogP contribution in [0.25, 0.3) is 11.1 Å². The third-order valence-corrected chi connectivity index (χ3v) is 4.90. The quantitative estimate of drug-likeness (QED) is 0.722. The number of hydrogen-bond acceptors (Lipinski definition) is 3. The summed E-state index contributed by atoms with van der Waals surface area (Å²) >= 11 is 0. The molecule has 0 radical (unpaired) electrons. The fourth-order valence-corrected chi connectivity index (χ4v) is 3.54. The molecule has 0 fully saturated rings. The second-order valence-electron chi connectivity index (χ2n) is 7.41. The van der Waals surface area contributed by atoms with E-state index in [9.17, 15) is 14.6 Å². The van der Waals surface area contributed by atoms with Gasteiger partial charge >= 0.3 is 0 Å². The van der Waals surface area contributed by atoms with E-state index in [1.54, 1.807) is 12.1 Å². The van der Waals surface area contributed by atoms with Gasteiger partial charge in [-0.2, -0.15) is 0 Å². The third-order valence-electron chi connectivity index (χ3n) is 4.90. The molecule has 1 atom stereocenters. The van der Waals surface area contributed by atoms with Crippen LogP contribution >= 0.6 is 0 Å². The molecule has 2 rings (SSSR count). The van der Waals surface area contributed by atoms with Gasteiger partial charge in [0.2, 0.25) is 0 Å². The molecule has 0 aliphatic heterocycles. The molecule has 4 heteroatoms. The Morgan fingerprint density at radius 2 is 1.54 bits per heavy atom. The molecule has 0 bridgehead atoms. The van der Waals surface area contributed by atoms with Crippen molar-refractivity contribution in [2.75, 3.05) is 6.61 Å². The van der Waals surface area contributed by atoms with Crippen LogP contribution in [-0.2, 0) is 6.61 Å². The molecule has 1 aromatic heterocycles. The standard InChI is InChI=1S/C22H30FNO2/c1-6-15(11-25)20-19(16-7-9-17(23)10-8-16)18(12-26)21(13(2)3)24-22(20)14(4)5/h7-10,13-15,25-26H,6,11-12H2,1-5H3. The van der Waals surface area contributed by atoms with Crippen molar-refractivity contribution in [1.82, 2.24) is 4.98 Å². The Balaban J connectivity index is 2.96. The van der Waals surface area contributed by atoms with Gasteiger partial charge in [-0.05, 0) is 47.1 Å². The van der Waals surface area contributed by atoms with Crippen LogP contribution in [-0.4, -0.2) is 21.8 Å². The molecule has 0 aliphatic rings. The van der Waals surface area contributed by atoms with E-state index in [1.807, 2.05) is 6.92 Å².